The molecular weight excluding hydrogens is 415 g/mol. The molecule has 5 nitrogen and oxygen atoms in total. The first-order valence-electron chi connectivity index (χ1n) is 9.33. The Hall–Kier alpha value is -0.0800. The second kappa shape index (κ2) is 10.2. The fourth-order valence-electron chi connectivity index (χ4n) is 3.67. The number of aliphatic imine (C=N–C) groups is 1. The van der Waals surface area contributed by atoms with Gasteiger partial charge in [0.05, 0.1) is 0 Å². The number of halogens is 1. The molecule has 2 aliphatic rings. The number of guanidine groups is 1. The minimum Gasteiger partial charge on any atom is -0.381 e. The quantitative estimate of drug-likeness (QED) is 0.355. The van der Waals surface area contributed by atoms with Crippen LogP contribution in [0.15, 0.2) is 4.99 Å². The Morgan fingerprint density at radius 1 is 1.08 bits per heavy atom. The normalized spacial score (nSPS) is 22.5. The Morgan fingerprint density at radius 2 is 1.75 bits per heavy atom. The van der Waals surface area contributed by atoms with Gasteiger partial charge in [-0.25, -0.2) is 0 Å². The molecule has 1 saturated carbocycles. The summed E-state index contributed by atoms with van der Waals surface area (Å²) in [6.45, 7) is 8.93. The number of likely N-dealkylation sites (N-methyl/N-ethyl adjacent to an activating group) is 1. The molecule has 0 amide bonds. The lowest BCUT2D eigenvalue weighted by molar-refractivity contribution is -0.00502. The fraction of sp³-hybridized carbons (Fsp3) is 0.944. The Kier molecular flexibility index (Phi) is 9.30. The topological polar surface area (TPSA) is 48.9 Å². The third-order valence-corrected chi connectivity index (χ3v) is 6.04. The first-order valence-corrected chi connectivity index (χ1v) is 9.33. The number of nitrogens with zero attached hydrogens (tertiary/aromatic N) is 2. The van der Waals surface area contributed by atoms with E-state index in [0.29, 0.717) is 5.41 Å². The average molecular weight is 452 g/mol. The van der Waals surface area contributed by atoms with Crippen molar-refractivity contribution in [2.24, 2.45) is 10.4 Å². The molecule has 0 radical (unpaired) electrons. The molecule has 1 saturated heterocycles. The highest BCUT2D eigenvalue weighted by molar-refractivity contribution is 14.0. The van der Waals surface area contributed by atoms with Crippen molar-refractivity contribution in [1.82, 2.24) is 15.5 Å². The summed E-state index contributed by atoms with van der Waals surface area (Å²) in [7, 11) is 4.36. The van der Waals surface area contributed by atoms with Crippen molar-refractivity contribution in [3.05, 3.63) is 0 Å². The van der Waals surface area contributed by atoms with Gasteiger partial charge in [0, 0.05) is 38.4 Å². The lowest BCUT2D eigenvalue weighted by atomic mass is 9.67. The van der Waals surface area contributed by atoms with Gasteiger partial charge in [0.25, 0.3) is 0 Å². The van der Waals surface area contributed by atoms with Gasteiger partial charge in [-0.1, -0.05) is 13.3 Å². The third kappa shape index (κ3) is 5.46. The zero-order valence-electron chi connectivity index (χ0n) is 16.0. The van der Waals surface area contributed by atoms with Crippen LogP contribution in [0.25, 0.3) is 0 Å². The van der Waals surface area contributed by atoms with E-state index in [1.54, 1.807) is 0 Å². The van der Waals surface area contributed by atoms with Gasteiger partial charge in [-0.3, -0.25) is 4.99 Å². The molecule has 0 unspecified atom stereocenters. The van der Waals surface area contributed by atoms with Crippen molar-refractivity contribution in [2.45, 2.75) is 57.9 Å². The molecule has 2 N–H and O–H groups in total. The maximum absolute atomic E-state index is 5.56. The molecule has 24 heavy (non-hydrogen) atoms. The number of nitrogens with one attached hydrogen (secondary N) is 2. The molecule has 0 bridgehead atoms. The highest BCUT2D eigenvalue weighted by atomic mass is 127. The maximum atomic E-state index is 5.56. The van der Waals surface area contributed by atoms with Crippen LogP contribution in [0.5, 0.6) is 0 Å². The fourth-order valence-corrected chi connectivity index (χ4v) is 3.67. The van der Waals surface area contributed by atoms with Crippen LogP contribution in [0.4, 0.5) is 0 Å². The van der Waals surface area contributed by atoms with E-state index in [-0.39, 0.29) is 29.5 Å². The van der Waals surface area contributed by atoms with Crippen LogP contribution < -0.4 is 10.6 Å². The summed E-state index contributed by atoms with van der Waals surface area (Å²) >= 11 is 0. The van der Waals surface area contributed by atoms with Gasteiger partial charge in [-0.15, -0.1) is 24.0 Å². The van der Waals surface area contributed by atoms with Gasteiger partial charge in [0.2, 0.25) is 0 Å². The van der Waals surface area contributed by atoms with Crippen LogP contribution in [0.3, 0.4) is 0 Å². The minimum atomic E-state index is 0. The van der Waals surface area contributed by atoms with Gasteiger partial charge >= 0.3 is 0 Å². The summed E-state index contributed by atoms with van der Waals surface area (Å²) in [4.78, 5) is 7.25. The number of hydrogen-bond donors (Lipinski definition) is 2. The Bertz CT molecular complexity index is 385. The van der Waals surface area contributed by atoms with Crippen molar-refractivity contribution in [3.63, 3.8) is 0 Å². The molecule has 142 valence electrons. The summed E-state index contributed by atoms with van der Waals surface area (Å²) in [5.74, 6) is 0.972. The molecule has 1 heterocycles. The van der Waals surface area contributed by atoms with Crippen molar-refractivity contribution in [1.29, 1.82) is 0 Å². The van der Waals surface area contributed by atoms with Gasteiger partial charge in [0.1, 0.15) is 0 Å². The first kappa shape index (κ1) is 22.0. The molecule has 0 spiro atoms. The summed E-state index contributed by atoms with van der Waals surface area (Å²) in [6.07, 6.45) is 7.44. The third-order valence-electron chi connectivity index (χ3n) is 6.04. The Morgan fingerprint density at radius 3 is 2.21 bits per heavy atom. The van der Waals surface area contributed by atoms with Crippen molar-refractivity contribution < 1.29 is 4.74 Å². The van der Waals surface area contributed by atoms with Crippen molar-refractivity contribution in [3.8, 4) is 0 Å². The van der Waals surface area contributed by atoms with E-state index >= 15 is 0 Å². The lowest BCUT2D eigenvalue weighted by Gasteiger charge is -2.43. The molecule has 2 fully saturated rings. The van der Waals surface area contributed by atoms with E-state index in [4.69, 9.17) is 9.73 Å². The van der Waals surface area contributed by atoms with Gasteiger partial charge in [-0.2, -0.15) is 0 Å². The van der Waals surface area contributed by atoms with Crippen LogP contribution >= 0.6 is 24.0 Å². The minimum absolute atomic E-state index is 0. The number of ether oxygens (including phenoxy) is 1. The first-order chi connectivity index (χ1) is 11.1. The smallest absolute Gasteiger partial charge is 0.191 e. The number of hydrogen-bond acceptors (Lipinski definition) is 3. The monoisotopic (exact) mass is 452 g/mol. The molecular formula is C18H37IN4O. The number of rotatable bonds is 7. The summed E-state index contributed by atoms with van der Waals surface area (Å²) in [5.41, 5.74) is 0.646. The van der Waals surface area contributed by atoms with Crippen molar-refractivity contribution in [2.75, 3.05) is 46.9 Å². The largest absolute Gasteiger partial charge is 0.381 e. The Labute approximate surface area is 165 Å². The standard InChI is InChI=1S/C18H36N4O.HI/c1-5-17(8-7-9-17)14-20-16(19-6-2)21-15-18(22(3)4)10-12-23-13-11-18;/h5-15H2,1-4H3,(H2,19,20,21);1H. The maximum Gasteiger partial charge on any atom is 0.191 e. The van der Waals surface area contributed by atoms with E-state index < -0.39 is 0 Å². The molecule has 1 aliphatic heterocycles. The SMILES string of the molecule is CCNC(=NCC1(CC)CCC1)NCC1(N(C)C)CCOCC1.I. The molecule has 6 heteroatoms. The van der Waals surface area contributed by atoms with Crippen LogP contribution in [-0.4, -0.2) is 63.3 Å². The van der Waals surface area contributed by atoms with E-state index in [1.807, 2.05) is 0 Å². The summed E-state index contributed by atoms with van der Waals surface area (Å²) < 4.78 is 5.56. The predicted octanol–water partition coefficient (Wildman–Crippen LogP) is 2.85. The van der Waals surface area contributed by atoms with Gasteiger partial charge in [0.15, 0.2) is 5.96 Å². The molecule has 2 rings (SSSR count). The molecule has 0 atom stereocenters. The highest BCUT2D eigenvalue weighted by Crippen LogP contribution is 2.43. The second-order valence-electron chi connectivity index (χ2n) is 7.49. The van der Waals surface area contributed by atoms with E-state index in [2.05, 4.69) is 43.5 Å². The van der Waals surface area contributed by atoms with Gasteiger partial charge < -0.3 is 20.3 Å². The van der Waals surface area contributed by atoms with Crippen LogP contribution in [0.1, 0.15) is 52.4 Å². The van der Waals surface area contributed by atoms with Crippen LogP contribution in [0, 0.1) is 5.41 Å². The van der Waals surface area contributed by atoms with E-state index in [9.17, 15) is 0 Å². The lowest BCUT2D eigenvalue weighted by Crippen LogP contribution is -2.57. The zero-order valence-corrected chi connectivity index (χ0v) is 18.3. The van der Waals surface area contributed by atoms with Gasteiger partial charge in [-0.05, 0) is 58.5 Å². The molecule has 0 aromatic rings. The Balaban J connectivity index is 0.00000288. The second-order valence-corrected chi connectivity index (χ2v) is 7.49. The zero-order chi connectivity index (χ0) is 16.8. The summed E-state index contributed by atoms with van der Waals surface area (Å²) in [5, 5.41) is 7.01. The van der Waals surface area contributed by atoms with Crippen LogP contribution in [0.2, 0.25) is 0 Å². The van der Waals surface area contributed by atoms with Crippen LogP contribution in [-0.2, 0) is 4.74 Å². The molecule has 0 aromatic carbocycles. The van der Waals surface area contributed by atoms with E-state index in [0.717, 1.165) is 51.6 Å². The molecule has 0 aromatic heterocycles. The molecule has 1 aliphatic carbocycles. The predicted molar refractivity (Wildman–Crippen MR) is 112 cm³/mol. The van der Waals surface area contributed by atoms with E-state index in [1.165, 1.54) is 25.7 Å². The average Bonchev–Trinajstić information content (AvgIpc) is 2.52. The summed E-state index contributed by atoms with van der Waals surface area (Å²) in [6, 6.07) is 0. The van der Waals surface area contributed by atoms with Crippen molar-refractivity contribution >= 4 is 29.9 Å². The highest BCUT2D eigenvalue weighted by Gasteiger charge is 2.36.